The van der Waals surface area contributed by atoms with Crippen molar-refractivity contribution in [2.24, 2.45) is 0 Å². The van der Waals surface area contributed by atoms with Gasteiger partial charge in [0.1, 0.15) is 18.0 Å². The molecule has 0 saturated heterocycles. The van der Waals surface area contributed by atoms with Gasteiger partial charge in [-0.15, -0.1) is 0 Å². The van der Waals surface area contributed by atoms with Crippen molar-refractivity contribution in [3.05, 3.63) is 63.7 Å². The highest BCUT2D eigenvalue weighted by Crippen LogP contribution is 2.27. The van der Waals surface area contributed by atoms with Crippen LogP contribution < -0.4 is 10.1 Å². The molecule has 0 atom stereocenters. The van der Waals surface area contributed by atoms with E-state index >= 15 is 0 Å². The van der Waals surface area contributed by atoms with Crippen LogP contribution in [0.25, 0.3) is 0 Å². The van der Waals surface area contributed by atoms with Gasteiger partial charge in [0.05, 0.1) is 11.5 Å². The summed E-state index contributed by atoms with van der Waals surface area (Å²) in [6.45, 7) is 4.76. The number of nitrogens with zero attached hydrogens (tertiary/aromatic N) is 2. The van der Waals surface area contributed by atoms with Crippen LogP contribution in [0.4, 0.5) is 11.4 Å². The van der Waals surface area contributed by atoms with E-state index < -0.39 is 4.92 Å². The minimum Gasteiger partial charge on any atom is -0.492 e. The van der Waals surface area contributed by atoms with Crippen LogP contribution in [0.15, 0.2) is 42.5 Å². The van der Waals surface area contributed by atoms with Gasteiger partial charge in [-0.25, -0.2) is 0 Å². The van der Waals surface area contributed by atoms with Gasteiger partial charge < -0.3 is 10.1 Å². The van der Waals surface area contributed by atoms with Crippen molar-refractivity contribution in [2.75, 3.05) is 32.1 Å². The van der Waals surface area contributed by atoms with Crippen molar-refractivity contribution in [3.63, 3.8) is 0 Å². The molecule has 0 unspecified atom stereocenters. The molecule has 1 amide bonds. The van der Waals surface area contributed by atoms with E-state index in [4.69, 9.17) is 4.74 Å². The van der Waals surface area contributed by atoms with E-state index in [1.807, 2.05) is 37.3 Å². The minimum atomic E-state index is -0.487. The minimum absolute atomic E-state index is 0.100. The molecule has 7 heteroatoms. The second-order valence-electron chi connectivity index (χ2n) is 6.16. The second-order valence-corrected chi connectivity index (χ2v) is 6.16. The standard InChI is InChI=1S/C19H23N3O4/c1-14-11-17(18(22(24)25)12-15(14)2)20-19(23)13-21(3)9-10-26-16-7-5-4-6-8-16/h4-8,11-12H,9-10,13H2,1-3H3,(H,20,23). The molecule has 0 heterocycles. The molecule has 2 aromatic carbocycles. The average Bonchev–Trinajstić information content (AvgIpc) is 2.58. The molecule has 1 N–H and O–H groups in total. The molecular formula is C19H23N3O4. The number of carbonyl (C=O) groups is 1. The second kappa shape index (κ2) is 8.96. The molecule has 0 spiro atoms. The Morgan fingerprint density at radius 2 is 1.85 bits per heavy atom. The molecule has 0 aliphatic rings. The van der Waals surface area contributed by atoms with E-state index in [1.165, 1.54) is 6.07 Å². The van der Waals surface area contributed by atoms with E-state index in [2.05, 4.69) is 5.32 Å². The highest BCUT2D eigenvalue weighted by Gasteiger charge is 2.18. The third-order valence-electron chi connectivity index (χ3n) is 3.98. The van der Waals surface area contributed by atoms with Crippen LogP contribution >= 0.6 is 0 Å². The maximum absolute atomic E-state index is 12.2. The Balaban J connectivity index is 1.88. The summed E-state index contributed by atoms with van der Waals surface area (Å²) in [5.74, 6) is 0.467. The number of aryl methyl sites for hydroxylation is 2. The Morgan fingerprint density at radius 1 is 1.19 bits per heavy atom. The lowest BCUT2D eigenvalue weighted by atomic mass is 10.1. The molecule has 7 nitrogen and oxygen atoms in total. The predicted molar refractivity (Wildman–Crippen MR) is 101 cm³/mol. The first-order valence-corrected chi connectivity index (χ1v) is 8.28. The number of rotatable bonds is 8. The summed E-state index contributed by atoms with van der Waals surface area (Å²) in [4.78, 5) is 24.7. The number of nitrogens with one attached hydrogen (secondary N) is 1. The van der Waals surface area contributed by atoms with Crippen LogP contribution in [0.1, 0.15) is 11.1 Å². The topological polar surface area (TPSA) is 84.7 Å². The molecule has 2 rings (SSSR count). The number of ether oxygens (including phenoxy) is 1. The van der Waals surface area contributed by atoms with Crippen molar-refractivity contribution < 1.29 is 14.5 Å². The van der Waals surface area contributed by atoms with Crippen LogP contribution in [-0.2, 0) is 4.79 Å². The maximum Gasteiger partial charge on any atom is 0.293 e. The lowest BCUT2D eigenvalue weighted by Gasteiger charge is -2.17. The molecule has 0 radical (unpaired) electrons. The summed E-state index contributed by atoms with van der Waals surface area (Å²) in [7, 11) is 1.79. The van der Waals surface area contributed by atoms with Gasteiger partial charge in [-0.1, -0.05) is 18.2 Å². The van der Waals surface area contributed by atoms with Crippen LogP contribution in [-0.4, -0.2) is 42.5 Å². The van der Waals surface area contributed by atoms with Gasteiger partial charge in [-0.3, -0.25) is 19.8 Å². The Kier molecular flexibility index (Phi) is 6.68. The van der Waals surface area contributed by atoms with Crippen LogP contribution in [0.2, 0.25) is 0 Å². The number of nitro benzene ring substituents is 1. The fraction of sp³-hybridized carbons (Fsp3) is 0.316. The number of benzene rings is 2. The first-order chi connectivity index (χ1) is 12.4. The number of hydrogen-bond acceptors (Lipinski definition) is 5. The predicted octanol–water partition coefficient (Wildman–Crippen LogP) is 3.16. The Hall–Kier alpha value is -2.93. The summed E-state index contributed by atoms with van der Waals surface area (Å²) in [6, 6.07) is 12.5. The van der Waals surface area contributed by atoms with Gasteiger partial charge >= 0.3 is 0 Å². The van der Waals surface area contributed by atoms with E-state index in [0.717, 1.165) is 16.9 Å². The molecule has 2 aromatic rings. The van der Waals surface area contributed by atoms with Crippen molar-refractivity contribution in [1.29, 1.82) is 0 Å². The highest BCUT2D eigenvalue weighted by molar-refractivity contribution is 5.94. The van der Waals surface area contributed by atoms with Crippen molar-refractivity contribution in [3.8, 4) is 5.75 Å². The first kappa shape index (κ1) is 19.4. The van der Waals surface area contributed by atoms with Crippen molar-refractivity contribution in [1.82, 2.24) is 4.90 Å². The van der Waals surface area contributed by atoms with E-state index in [1.54, 1.807) is 24.9 Å². The van der Waals surface area contributed by atoms with E-state index in [0.29, 0.717) is 13.2 Å². The maximum atomic E-state index is 12.2. The normalized spacial score (nSPS) is 10.6. The SMILES string of the molecule is Cc1cc(NC(=O)CN(C)CCOc2ccccc2)c([N+](=O)[O-])cc1C. The van der Waals surface area contributed by atoms with Crippen LogP contribution in [0, 0.1) is 24.0 Å². The lowest BCUT2D eigenvalue weighted by molar-refractivity contribution is -0.384. The van der Waals surface area contributed by atoms with Gasteiger partial charge in [0.2, 0.25) is 5.91 Å². The van der Waals surface area contributed by atoms with Crippen LogP contribution in [0.3, 0.4) is 0 Å². The van der Waals surface area contributed by atoms with Gasteiger partial charge in [-0.05, 0) is 50.2 Å². The zero-order valence-corrected chi connectivity index (χ0v) is 15.2. The molecule has 26 heavy (non-hydrogen) atoms. The number of likely N-dealkylation sites (N-methyl/N-ethyl adjacent to an activating group) is 1. The highest BCUT2D eigenvalue weighted by atomic mass is 16.6. The van der Waals surface area contributed by atoms with Gasteiger partial charge in [0, 0.05) is 12.6 Å². The Bertz CT molecular complexity index is 778. The quantitative estimate of drug-likeness (QED) is 0.579. The number of hydrogen-bond donors (Lipinski definition) is 1. The molecule has 0 aromatic heterocycles. The lowest BCUT2D eigenvalue weighted by Crippen LogP contribution is -2.33. The summed E-state index contributed by atoms with van der Waals surface area (Å²) < 4.78 is 5.59. The Morgan fingerprint density at radius 3 is 2.50 bits per heavy atom. The Labute approximate surface area is 152 Å². The zero-order valence-electron chi connectivity index (χ0n) is 15.2. The van der Waals surface area contributed by atoms with Gasteiger partial charge in [0.15, 0.2) is 0 Å². The number of nitro groups is 1. The molecule has 0 fully saturated rings. The largest absolute Gasteiger partial charge is 0.492 e. The fourth-order valence-electron chi connectivity index (χ4n) is 2.40. The third kappa shape index (κ3) is 5.56. The summed E-state index contributed by atoms with van der Waals surface area (Å²) in [5.41, 5.74) is 1.81. The summed E-state index contributed by atoms with van der Waals surface area (Å²) in [6.07, 6.45) is 0. The first-order valence-electron chi connectivity index (χ1n) is 8.28. The summed E-state index contributed by atoms with van der Waals surface area (Å²) in [5, 5.41) is 13.8. The number of amides is 1. The molecular weight excluding hydrogens is 334 g/mol. The fourth-order valence-corrected chi connectivity index (χ4v) is 2.40. The molecule has 138 valence electrons. The smallest absolute Gasteiger partial charge is 0.293 e. The van der Waals surface area contributed by atoms with Crippen LogP contribution in [0.5, 0.6) is 5.75 Å². The number of para-hydroxylation sites is 1. The van der Waals surface area contributed by atoms with Gasteiger partial charge in [-0.2, -0.15) is 0 Å². The number of carbonyl (C=O) groups excluding carboxylic acids is 1. The molecule has 0 bridgehead atoms. The van der Waals surface area contributed by atoms with E-state index in [-0.39, 0.29) is 23.8 Å². The molecule has 0 aliphatic heterocycles. The van der Waals surface area contributed by atoms with E-state index in [9.17, 15) is 14.9 Å². The number of anilines is 1. The molecule has 0 saturated carbocycles. The van der Waals surface area contributed by atoms with Gasteiger partial charge in [0.25, 0.3) is 5.69 Å². The third-order valence-corrected chi connectivity index (χ3v) is 3.98. The summed E-state index contributed by atoms with van der Waals surface area (Å²) >= 11 is 0. The van der Waals surface area contributed by atoms with Crippen molar-refractivity contribution >= 4 is 17.3 Å². The van der Waals surface area contributed by atoms with Crippen molar-refractivity contribution in [2.45, 2.75) is 13.8 Å². The average molecular weight is 357 g/mol. The monoisotopic (exact) mass is 357 g/mol. The molecule has 0 aliphatic carbocycles. The zero-order chi connectivity index (χ0) is 19.1.